The third kappa shape index (κ3) is 3.11. The van der Waals surface area contributed by atoms with E-state index in [0.29, 0.717) is 10.8 Å². The van der Waals surface area contributed by atoms with E-state index in [2.05, 4.69) is 24.1 Å². The highest BCUT2D eigenvalue weighted by atomic mass is 16.5. The molecule has 0 amide bonds. The topological polar surface area (TPSA) is 36.9 Å². The van der Waals surface area contributed by atoms with Gasteiger partial charge in [0.1, 0.15) is 0 Å². The molecule has 20 heavy (non-hydrogen) atoms. The highest BCUT2D eigenvalue weighted by Crippen LogP contribution is 2.45. The lowest BCUT2D eigenvalue weighted by molar-refractivity contribution is 0.0217. The fraction of sp³-hybridized carbons (Fsp3) is 0.938. The number of nitrogens with one attached hydrogen (secondary N) is 1. The summed E-state index contributed by atoms with van der Waals surface area (Å²) in [7, 11) is 0. The molecule has 0 aromatic heterocycles. The van der Waals surface area contributed by atoms with Crippen LogP contribution >= 0.6 is 0 Å². The van der Waals surface area contributed by atoms with Crippen molar-refractivity contribution in [3.63, 3.8) is 0 Å². The zero-order chi connectivity index (χ0) is 14.1. The molecule has 2 aliphatic heterocycles. The largest absolute Gasteiger partial charge is 0.381 e. The molecule has 4 heteroatoms. The first-order valence-electron chi connectivity index (χ1n) is 8.26. The molecule has 114 valence electrons. The highest BCUT2D eigenvalue weighted by molar-refractivity contribution is 5.80. The summed E-state index contributed by atoms with van der Waals surface area (Å²) in [5, 5.41) is 3.49. The number of rotatable bonds is 3. The van der Waals surface area contributed by atoms with Crippen molar-refractivity contribution in [1.82, 2.24) is 10.2 Å². The van der Waals surface area contributed by atoms with E-state index in [9.17, 15) is 0 Å². The highest BCUT2D eigenvalue weighted by Gasteiger charge is 2.41. The number of likely N-dealkylation sites (tertiary alicyclic amines) is 1. The van der Waals surface area contributed by atoms with E-state index in [1.165, 1.54) is 38.6 Å². The van der Waals surface area contributed by atoms with Crippen molar-refractivity contribution in [3.8, 4) is 0 Å². The molecule has 0 bridgehead atoms. The zero-order valence-corrected chi connectivity index (χ0v) is 13.1. The molecule has 3 fully saturated rings. The molecular weight excluding hydrogens is 250 g/mol. The van der Waals surface area contributed by atoms with Crippen LogP contribution < -0.4 is 5.32 Å². The molecule has 3 aliphatic rings. The molecule has 1 N–H and O–H groups in total. The summed E-state index contributed by atoms with van der Waals surface area (Å²) in [5.41, 5.74) is 0.995. The van der Waals surface area contributed by atoms with Gasteiger partial charge in [-0.15, -0.1) is 0 Å². The number of nitrogens with zero attached hydrogens (tertiary/aromatic N) is 2. The monoisotopic (exact) mass is 279 g/mol. The number of hydrogen-bond acceptors (Lipinski definition) is 2. The minimum absolute atomic E-state index is 0.497. The first-order valence-corrected chi connectivity index (χ1v) is 8.26. The maximum atomic E-state index is 5.54. The second-order valence-corrected chi connectivity index (χ2v) is 7.26. The van der Waals surface area contributed by atoms with Crippen LogP contribution in [0.3, 0.4) is 0 Å². The smallest absolute Gasteiger partial charge is 0.193 e. The summed E-state index contributed by atoms with van der Waals surface area (Å²) in [6.07, 6.45) is 6.44. The molecule has 3 rings (SSSR count). The second-order valence-electron chi connectivity index (χ2n) is 7.26. The first kappa shape index (κ1) is 14.2. The average molecular weight is 279 g/mol. The van der Waals surface area contributed by atoms with Gasteiger partial charge in [-0.25, -0.2) is 0 Å². The SMILES string of the molecule is CCNC(=NCC1(C)CC1)N1CCC2(CCOCC2)C1. The quantitative estimate of drug-likeness (QED) is 0.636. The van der Waals surface area contributed by atoms with Crippen LogP contribution in [0.2, 0.25) is 0 Å². The molecule has 1 saturated carbocycles. The van der Waals surface area contributed by atoms with Crippen LogP contribution in [0, 0.1) is 10.8 Å². The maximum Gasteiger partial charge on any atom is 0.193 e. The third-order valence-electron chi connectivity index (χ3n) is 5.34. The van der Waals surface area contributed by atoms with Crippen molar-refractivity contribution in [1.29, 1.82) is 0 Å². The van der Waals surface area contributed by atoms with Crippen LogP contribution in [0.15, 0.2) is 4.99 Å². The minimum atomic E-state index is 0.497. The van der Waals surface area contributed by atoms with Gasteiger partial charge in [0.2, 0.25) is 0 Å². The fourth-order valence-corrected chi connectivity index (χ4v) is 3.39. The van der Waals surface area contributed by atoms with E-state index in [4.69, 9.17) is 9.73 Å². The molecule has 0 aromatic rings. The Kier molecular flexibility index (Phi) is 3.93. The summed E-state index contributed by atoms with van der Waals surface area (Å²) in [4.78, 5) is 7.39. The van der Waals surface area contributed by atoms with Gasteiger partial charge in [-0.1, -0.05) is 6.92 Å². The molecule has 2 saturated heterocycles. The van der Waals surface area contributed by atoms with Gasteiger partial charge in [-0.3, -0.25) is 4.99 Å². The van der Waals surface area contributed by atoms with E-state index >= 15 is 0 Å². The van der Waals surface area contributed by atoms with Crippen molar-refractivity contribution < 1.29 is 4.74 Å². The summed E-state index contributed by atoms with van der Waals surface area (Å²) in [5.74, 6) is 1.14. The summed E-state index contributed by atoms with van der Waals surface area (Å²) >= 11 is 0. The van der Waals surface area contributed by atoms with Gasteiger partial charge in [-0.05, 0) is 49.9 Å². The van der Waals surface area contributed by atoms with E-state index in [1.54, 1.807) is 0 Å². The van der Waals surface area contributed by atoms with Gasteiger partial charge in [0.25, 0.3) is 0 Å². The maximum absolute atomic E-state index is 5.54. The van der Waals surface area contributed by atoms with Crippen LogP contribution in [-0.2, 0) is 4.74 Å². The lowest BCUT2D eigenvalue weighted by Crippen LogP contribution is -2.42. The van der Waals surface area contributed by atoms with Gasteiger partial charge in [0.15, 0.2) is 5.96 Å². The van der Waals surface area contributed by atoms with Crippen molar-refractivity contribution in [2.75, 3.05) is 39.4 Å². The number of guanidine groups is 1. The zero-order valence-electron chi connectivity index (χ0n) is 13.1. The van der Waals surface area contributed by atoms with Crippen LogP contribution in [0.5, 0.6) is 0 Å². The molecule has 2 heterocycles. The van der Waals surface area contributed by atoms with E-state index < -0.39 is 0 Å². The second kappa shape index (κ2) is 5.55. The van der Waals surface area contributed by atoms with Gasteiger partial charge in [0, 0.05) is 39.4 Å². The number of hydrogen-bond donors (Lipinski definition) is 1. The van der Waals surface area contributed by atoms with Crippen LogP contribution in [0.4, 0.5) is 0 Å². The van der Waals surface area contributed by atoms with E-state index in [0.717, 1.165) is 38.8 Å². The standard InChI is InChI=1S/C16H29N3O/c1-3-17-14(18-12-15(2)4-5-15)19-9-6-16(13-19)7-10-20-11-8-16/h3-13H2,1-2H3,(H,17,18). The Morgan fingerprint density at radius 3 is 2.60 bits per heavy atom. The Labute approximate surface area is 123 Å². The van der Waals surface area contributed by atoms with Gasteiger partial charge in [0.05, 0.1) is 0 Å². The molecule has 0 unspecified atom stereocenters. The van der Waals surface area contributed by atoms with Crippen LogP contribution in [-0.4, -0.2) is 50.3 Å². The van der Waals surface area contributed by atoms with E-state index in [1.807, 2.05) is 0 Å². The van der Waals surface area contributed by atoms with Crippen LogP contribution in [0.1, 0.15) is 46.0 Å². The minimum Gasteiger partial charge on any atom is -0.381 e. The van der Waals surface area contributed by atoms with Gasteiger partial charge < -0.3 is 15.0 Å². The molecular formula is C16H29N3O. The average Bonchev–Trinajstić information content (AvgIpc) is 3.06. The first-order chi connectivity index (χ1) is 9.65. The Balaban J connectivity index is 1.63. The Hall–Kier alpha value is -0.770. The summed E-state index contributed by atoms with van der Waals surface area (Å²) in [6.45, 7) is 10.7. The third-order valence-corrected chi connectivity index (χ3v) is 5.34. The van der Waals surface area contributed by atoms with E-state index in [-0.39, 0.29) is 0 Å². The van der Waals surface area contributed by atoms with Gasteiger partial charge >= 0.3 is 0 Å². The normalized spacial score (nSPS) is 27.9. The molecule has 0 radical (unpaired) electrons. The molecule has 1 spiro atoms. The summed E-state index contributed by atoms with van der Waals surface area (Å²) < 4.78 is 5.54. The Bertz CT molecular complexity index is 370. The molecule has 0 aromatic carbocycles. The fourth-order valence-electron chi connectivity index (χ4n) is 3.39. The van der Waals surface area contributed by atoms with Crippen molar-refractivity contribution in [2.24, 2.45) is 15.8 Å². The number of ether oxygens (including phenoxy) is 1. The lowest BCUT2D eigenvalue weighted by atomic mass is 9.80. The van der Waals surface area contributed by atoms with Gasteiger partial charge in [-0.2, -0.15) is 0 Å². The number of aliphatic imine (C=N–C) groups is 1. The molecule has 4 nitrogen and oxygen atoms in total. The Morgan fingerprint density at radius 2 is 1.95 bits per heavy atom. The lowest BCUT2D eigenvalue weighted by Gasteiger charge is -2.33. The van der Waals surface area contributed by atoms with Crippen molar-refractivity contribution in [3.05, 3.63) is 0 Å². The predicted octanol–water partition coefficient (Wildman–Crippen LogP) is 2.25. The predicted molar refractivity (Wildman–Crippen MR) is 82.0 cm³/mol. The van der Waals surface area contributed by atoms with Crippen LogP contribution in [0.25, 0.3) is 0 Å². The molecule has 1 aliphatic carbocycles. The van der Waals surface area contributed by atoms with Crippen molar-refractivity contribution >= 4 is 5.96 Å². The molecule has 0 atom stereocenters. The van der Waals surface area contributed by atoms with Crippen molar-refractivity contribution in [2.45, 2.75) is 46.0 Å². The Morgan fingerprint density at radius 1 is 1.20 bits per heavy atom. The summed E-state index contributed by atoms with van der Waals surface area (Å²) in [6, 6.07) is 0.